The summed E-state index contributed by atoms with van der Waals surface area (Å²) in [6.45, 7) is 2.70. The van der Waals surface area contributed by atoms with Crippen molar-refractivity contribution in [2.45, 2.75) is 31.9 Å². The molecule has 2 unspecified atom stereocenters. The molecule has 1 aromatic carbocycles. The number of rotatable bonds is 7. The third-order valence-electron chi connectivity index (χ3n) is 2.88. The van der Waals surface area contributed by atoms with Gasteiger partial charge in [-0.15, -0.1) is 0 Å². The molecule has 98 valence electrons. The van der Waals surface area contributed by atoms with E-state index in [0.29, 0.717) is 12.1 Å². The molecule has 0 radical (unpaired) electrons. The van der Waals surface area contributed by atoms with Crippen LogP contribution in [0.5, 0.6) is 0 Å². The molecule has 1 rings (SSSR count). The minimum atomic E-state index is -0.575. The molecule has 0 fully saturated rings. The maximum atomic E-state index is 9.96. The number of hydrogen-bond acceptors (Lipinski definition) is 4. The standard InChI is InChI=1S/C14H20N2O2/c1-11(3-2-8-17)16-10-14(18)13-6-4-12(9-15)5-7-13/h4-7,11,14,16-18H,2-3,8,10H2,1H3. The van der Waals surface area contributed by atoms with Crippen LogP contribution in [0.2, 0.25) is 0 Å². The first kappa shape index (κ1) is 14.7. The van der Waals surface area contributed by atoms with E-state index in [9.17, 15) is 5.11 Å². The minimum absolute atomic E-state index is 0.199. The monoisotopic (exact) mass is 248 g/mol. The number of nitrogens with zero attached hydrogens (tertiary/aromatic N) is 1. The van der Waals surface area contributed by atoms with Crippen LogP contribution in [0.25, 0.3) is 0 Å². The lowest BCUT2D eigenvalue weighted by Crippen LogP contribution is -2.30. The second-order valence-corrected chi connectivity index (χ2v) is 4.42. The molecule has 4 heteroatoms. The first-order valence-corrected chi connectivity index (χ1v) is 6.19. The van der Waals surface area contributed by atoms with E-state index in [-0.39, 0.29) is 12.6 Å². The van der Waals surface area contributed by atoms with E-state index in [1.165, 1.54) is 0 Å². The molecule has 0 saturated carbocycles. The quantitative estimate of drug-likeness (QED) is 0.680. The van der Waals surface area contributed by atoms with Crippen molar-refractivity contribution in [1.29, 1.82) is 5.26 Å². The zero-order valence-corrected chi connectivity index (χ0v) is 10.6. The van der Waals surface area contributed by atoms with Crippen molar-refractivity contribution in [1.82, 2.24) is 5.32 Å². The average Bonchev–Trinajstić information content (AvgIpc) is 2.42. The maximum Gasteiger partial charge on any atom is 0.0991 e. The Hall–Kier alpha value is -1.41. The summed E-state index contributed by atoms with van der Waals surface area (Å²) in [7, 11) is 0. The first-order valence-electron chi connectivity index (χ1n) is 6.19. The summed E-state index contributed by atoms with van der Waals surface area (Å²) in [4.78, 5) is 0. The fourth-order valence-corrected chi connectivity index (χ4v) is 1.71. The predicted molar refractivity (Wildman–Crippen MR) is 69.9 cm³/mol. The van der Waals surface area contributed by atoms with Crippen LogP contribution in [0.15, 0.2) is 24.3 Å². The van der Waals surface area contributed by atoms with Gasteiger partial charge >= 0.3 is 0 Å². The Morgan fingerprint density at radius 2 is 2.00 bits per heavy atom. The van der Waals surface area contributed by atoms with Gasteiger partial charge in [0.15, 0.2) is 0 Å². The van der Waals surface area contributed by atoms with Gasteiger partial charge in [0.05, 0.1) is 17.7 Å². The van der Waals surface area contributed by atoms with Crippen LogP contribution in [0, 0.1) is 11.3 Å². The van der Waals surface area contributed by atoms with Gasteiger partial charge in [0, 0.05) is 19.2 Å². The van der Waals surface area contributed by atoms with Crippen molar-refractivity contribution in [2.24, 2.45) is 0 Å². The number of aliphatic hydroxyl groups excluding tert-OH is 2. The van der Waals surface area contributed by atoms with Crippen LogP contribution in [0.4, 0.5) is 0 Å². The van der Waals surface area contributed by atoms with Crippen molar-refractivity contribution >= 4 is 0 Å². The Morgan fingerprint density at radius 1 is 1.33 bits per heavy atom. The molecule has 0 aromatic heterocycles. The number of aliphatic hydroxyl groups is 2. The number of hydrogen-bond donors (Lipinski definition) is 3. The van der Waals surface area contributed by atoms with Crippen LogP contribution in [0.3, 0.4) is 0 Å². The maximum absolute atomic E-state index is 9.96. The highest BCUT2D eigenvalue weighted by molar-refractivity contribution is 5.32. The highest BCUT2D eigenvalue weighted by Crippen LogP contribution is 2.13. The van der Waals surface area contributed by atoms with E-state index in [0.717, 1.165) is 18.4 Å². The SMILES string of the molecule is CC(CCCO)NCC(O)c1ccc(C#N)cc1. The zero-order valence-electron chi connectivity index (χ0n) is 10.6. The Balaban J connectivity index is 2.40. The van der Waals surface area contributed by atoms with Gasteiger partial charge in [0.1, 0.15) is 0 Å². The molecule has 18 heavy (non-hydrogen) atoms. The largest absolute Gasteiger partial charge is 0.396 e. The summed E-state index contributed by atoms with van der Waals surface area (Å²) in [5, 5.41) is 30.6. The second kappa shape index (κ2) is 7.83. The molecular formula is C14H20N2O2. The fourth-order valence-electron chi connectivity index (χ4n) is 1.71. The van der Waals surface area contributed by atoms with Crippen molar-refractivity contribution in [2.75, 3.05) is 13.2 Å². The van der Waals surface area contributed by atoms with E-state index in [4.69, 9.17) is 10.4 Å². The Morgan fingerprint density at radius 3 is 2.56 bits per heavy atom. The molecule has 0 aliphatic heterocycles. The fraction of sp³-hybridized carbons (Fsp3) is 0.500. The van der Waals surface area contributed by atoms with Crippen LogP contribution in [0.1, 0.15) is 37.0 Å². The molecule has 2 atom stereocenters. The molecule has 0 aliphatic rings. The van der Waals surface area contributed by atoms with Crippen molar-refractivity contribution in [3.8, 4) is 6.07 Å². The van der Waals surface area contributed by atoms with Crippen LogP contribution >= 0.6 is 0 Å². The van der Waals surface area contributed by atoms with E-state index in [1.807, 2.05) is 13.0 Å². The third-order valence-corrected chi connectivity index (χ3v) is 2.88. The Kier molecular flexibility index (Phi) is 6.37. The molecule has 4 nitrogen and oxygen atoms in total. The van der Waals surface area contributed by atoms with Gasteiger partial charge < -0.3 is 15.5 Å². The first-order chi connectivity index (χ1) is 8.67. The van der Waals surface area contributed by atoms with Gasteiger partial charge in [0.2, 0.25) is 0 Å². The van der Waals surface area contributed by atoms with Crippen molar-refractivity contribution in [3.63, 3.8) is 0 Å². The number of benzene rings is 1. The summed E-state index contributed by atoms with van der Waals surface area (Å²) in [6, 6.07) is 9.25. The van der Waals surface area contributed by atoms with E-state index in [1.54, 1.807) is 24.3 Å². The summed E-state index contributed by atoms with van der Waals surface area (Å²) in [5.74, 6) is 0. The number of nitriles is 1. The summed E-state index contributed by atoms with van der Waals surface area (Å²) in [5.41, 5.74) is 1.39. The third kappa shape index (κ3) is 4.84. The molecule has 0 spiro atoms. The molecule has 0 heterocycles. The summed E-state index contributed by atoms with van der Waals surface area (Å²) >= 11 is 0. The average molecular weight is 248 g/mol. The van der Waals surface area contributed by atoms with Gasteiger partial charge in [-0.25, -0.2) is 0 Å². The second-order valence-electron chi connectivity index (χ2n) is 4.42. The summed E-state index contributed by atoms with van der Waals surface area (Å²) in [6.07, 6.45) is 1.08. The zero-order chi connectivity index (χ0) is 13.4. The molecule has 3 N–H and O–H groups in total. The molecule has 1 aromatic rings. The molecule has 0 amide bonds. The lowest BCUT2D eigenvalue weighted by Gasteiger charge is -2.17. The Bertz CT molecular complexity index is 384. The topological polar surface area (TPSA) is 76.3 Å². The molecule has 0 aliphatic carbocycles. The van der Waals surface area contributed by atoms with Gasteiger partial charge in [0.25, 0.3) is 0 Å². The smallest absolute Gasteiger partial charge is 0.0991 e. The molecule has 0 bridgehead atoms. The van der Waals surface area contributed by atoms with Gasteiger partial charge in [-0.1, -0.05) is 12.1 Å². The van der Waals surface area contributed by atoms with Crippen LogP contribution < -0.4 is 5.32 Å². The normalized spacial score (nSPS) is 13.9. The predicted octanol–water partition coefficient (Wildman–Crippen LogP) is 1.34. The van der Waals surface area contributed by atoms with E-state index in [2.05, 4.69) is 5.32 Å². The van der Waals surface area contributed by atoms with Crippen molar-refractivity contribution in [3.05, 3.63) is 35.4 Å². The molecule has 0 saturated heterocycles. The lowest BCUT2D eigenvalue weighted by atomic mass is 10.1. The number of nitrogens with one attached hydrogen (secondary N) is 1. The molecular weight excluding hydrogens is 228 g/mol. The van der Waals surface area contributed by atoms with Crippen LogP contribution in [-0.4, -0.2) is 29.4 Å². The minimum Gasteiger partial charge on any atom is -0.396 e. The lowest BCUT2D eigenvalue weighted by molar-refractivity contribution is 0.169. The Labute approximate surface area is 108 Å². The van der Waals surface area contributed by atoms with Crippen LogP contribution in [-0.2, 0) is 0 Å². The van der Waals surface area contributed by atoms with Gasteiger partial charge in [-0.2, -0.15) is 5.26 Å². The van der Waals surface area contributed by atoms with E-state index >= 15 is 0 Å². The highest BCUT2D eigenvalue weighted by Gasteiger charge is 2.09. The highest BCUT2D eigenvalue weighted by atomic mass is 16.3. The summed E-state index contributed by atoms with van der Waals surface area (Å²) < 4.78 is 0. The van der Waals surface area contributed by atoms with Gasteiger partial charge in [-0.05, 0) is 37.5 Å². The van der Waals surface area contributed by atoms with Gasteiger partial charge in [-0.3, -0.25) is 0 Å². The van der Waals surface area contributed by atoms with E-state index < -0.39 is 6.10 Å². The van der Waals surface area contributed by atoms with Crippen molar-refractivity contribution < 1.29 is 10.2 Å².